The van der Waals surface area contributed by atoms with Crippen LogP contribution < -0.4 is 0 Å². The second kappa shape index (κ2) is 12.8. The molecule has 3 N–H and O–H groups in total. The van der Waals surface area contributed by atoms with Crippen LogP contribution in [0.2, 0.25) is 0 Å². The van der Waals surface area contributed by atoms with Gasteiger partial charge >= 0.3 is 5.97 Å². The number of aliphatic hydroxyl groups is 3. The molecule has 1 heterocycles. The van der Waals surface area contributed by atoms with Gasteiger partial charge in [-0.05, 0) is 31.8 Å². The van der Waals surface area contributed by atoms with E-state index in [-0.39, 0.29) is 31.7 Å². The first-order valence-electron chi connectivity index (χ1n) is 10.6. The minimum Gasteiger partial charge on any atom is -0.462 e. The van der Waals surface area contributed by atoms with Gasteiger partial charge in [0, 0.05) is 24.2 Å². The van der Waals surface area contributed by atoms with Crippen molar-refractivity contribution >= 4 is 18.0 Å². The molecule has 0 fully saturated rings. The molecule has 1 aliphatic heterocycles. The molecule has 0 unspecified atom stereocenters. The second-order valence-corrected chi connectivity index (χ2v) is 8.35. The molecule has 7 heteroatoms. The van der Waals surface area contributed by atoms with Gasteiger partial charge in [-0.1, -0.05) is 38.5 Å². The number of carbonyl (C=O) groups excluding carboxylic acids is 3. The average Bonchev–Trinajstić information content (AvgIpc) is 2.71. The fraction of sp³-hybridized carbons (Fsp3) is 0.696. The Morgan fingerprint density at radius 2 is 1.87 bits per heavy atom. The highest BCUT2D eigenvalue weighted by Crippen LogP contribution is 2.27. The summed E-state index contributed by atoms with van der Waals surface area (Å²) in [5.41, 5.74) is 0.745. The maximum atomic E-state index is 12.5. The van der Waals surface area contributed by atoms with E-state index in [1.807, 2.05) is 6.92 Å². The van der Waals surface area contributed by atoms with E-state index in [2.05, 4.69) is 0 Å². The minimum absolute atomic E-state index is 0.0546. The molecule has 0 aliphatic carbocycles. The zero-order valence-electron chi connectivity index (χ0n) is 18.4. The number of ether oxygens (including phenoxy) is 1. The Hall–Kier alpha value is -1.83. The molecule has 0 aromatic heterocycles. The normalized spacial score (nSPS) is 37.7. The van der Waals surface area contributed by atoms with Crippen LogP contribution >= 0.6 is 0 Å². The number of hydrogen-bond donors (Lipinski definition) is 3. The Bertz CT molecular complexity index is 639. The predicted octanol–water partition coefficient (Wildman–Crippen LogP) is 1.98. The quantitative estimate of drug-likeness (QED) is 0.466. The number of ketones is 1. The molecule has 0 saturated heterocycles. The third-order valence-electron chi connectivity index (χ3n) is 5.91. The maximum Gasteiger partial charge on any atom is 0.308 e. The number of aliphatic hydroxyl groups excluding tert-OH is 3. The molecular formula is C23H36O7. The predicted molar refractivity (Wildman–Crippen MR) is 112 cm³/mol. The Kier molecular flexibility index (Phi) is 11.2. The van der Waals surface area contributed by atoms with Crippen LogP contribution in [0.25, 0.3) is 0 Å². The number of rotatable bonds is 4. The summed E-state index contributed by atoms with van der Waals surface area (Å²) in [4.78, 5) is 36.0. The van der Waals surface area contributed by atoms with E-state index in [9.17, 15) is 29.7 Å². The highest BCUT2D eigenvalue weighted by molar-refractivity contribution is 5.91. The van der Waals surface area contributed by atoms with E-state index in [1.165, 1.54) is 6.08 Å². The largest absolute Gasteiger partial charge is 0.462 e. The van der Waals surface area contributed by atoms with Gasteiger partial charge in [0.15, 0.2) is 5.78 Å². The summed E-state index contributed by atoms with van der Waals surface area (Å²) in [6, 6.07) is 0. The lowest BCUT2D eigenvalue weighted by atomic mass is 9.80. The van der Waals surface area contributed by atoms with Crippen molar-refractivity contribution < 1.29 is 34.4 Å². The van der Waals surface area contributed by atoms with Crippen LogP contribution in [0.15, 0.2) is 23.8 Å². The van der Waals surface area contributed by atoms with Crippen LogP contribution in [0.4, 0.5) is 0 Å². The summed E-state index contributed by atoms with van der Waals surface area (Å²) < 4.78 is 5.49. The van der Waals surface area contributed by atoms with Gasteiger partial charge < -0.3 is 24.9 Å². The van der Waals surface area contributed by atoms with Crippen molar-refractivity contribution in [1.82, 2.24) is 0 Å². The molecule has 0 aromatic rings. The zero-order valence-corrected chi connectivity index (χ0v) is 18.4. The van der Waals surface area contributed by atoms with Crippen LogP contribution in [0.5, 0.6) is 0 Å². The standard InChI is InChI=1S/C23H36O7/c1-5-21-18(13-25)10-14(2)6-7-19(26)15(3)11-17(8-9-24)23(29)16(4)20(27)12-22(28)30-21/h6-7,9-10,15-18,20-21,23,25,27,29H,5,8,11-13H2,1-4H3/b7-6+,14-10+/t15-,16+,17+,18-,20-,21-,23-/m1/s1. The number of aldehydes is 1. The third kappa shape index (κ3) is 7.78. The van der Waals surface area contributed by atoms with Gasteiger partial charge in [-0.2, -0.15) is 0 Å². The van der Waals surface area contributed by atoms with Gasteiger partial charge in [-0.3, -0.25) is 9.59 Å². The van der Waals surface area contributed by atoms with Crippen molar-refractivity contribution in [2.75, 3.05) is 6.61 Å². The zero-order chi connectivity index (χ0) is 22.8. The smallest absolute Gasteiger partial charge is 0.308 e. The van der Waals surface area contributed by atoms with Crippen LogP contribution in [0, 0.1) is 23.7 Å². The molecule has 0 spiro atoms. The lowest BCUT2D eigenvalue weighted by Gasteiger charge is -2.31. The summed E-state index contributed by atoms with van der Waals surface area (Å²) in [7, 11) is 0. The summed E-state index contributed by atoms with van der Waals surface area (Å²) in [5.74, 6) is -2.82. The van der Waals surface area contributed by atoms with Gasteiger partial charge in [0.1, 0.15) is 12.4 Å². The third-order valence-corrected chi connectivity index (χ3v) is 5.91. The van der Waals surface area contributed by atoms with Crippen molar-refractivity contribution in [3.8, 4) is 0 Å². The number of esters is 1. The molecule has 1 rings (SSSR count). The molecule has 7 nitrogen and oxygen atoms in total. The van der Waals surface area contributed by atoms with Gasteiger partial charge in [-0.25, -0.2) is 0 Å². The first-order chi connectivity index (χ1) is 14.1. The fourth-order valence-electron chi connectivity index (χ4n) is 3.82. The Labute approximate surface area is 178 Å². The van der Waals surface area contributed by atoms with Gasteiger partial charge in [0.25, 0.3) is 0 Å². The van der Waals surface area contributed by atoms with Gasteiger partial charge in [0.2, 0.25) is 0 Å². The van der Waals surface area contributed by atoms with E-state index in [0.717, 1.165) is 5.57 Å². The van der Waals surface area contributed by atoms with Crippen molar-refractivity contribution in [3.05, 3.63) is 23.8 Å². The number of allylic oxidation sites excluding steroid dienone is 3. The SMILES string of the molecule is CC[C@H]1OC(=O)C[C@@H](O)[C@H](C)[C@@H](O)[C@@H](CC=O)C[C@@H](C)C(=O)/C=C/C(C)=C/[C@@H]1CO. The highest BCUT2D eigenvalue weighted by Gasteiger charge is 2.33. The van der Waals surface area contributed by atoms with Gasteiger partial charge in [-0.15, -0.1) is 0 Å². The lowest BCUT2D eigenvalue weighted by molar-refractivity contribution is -0.155. The second-order valence-electron chi connectivity index (χ2n) is 8.35. The lowest BCUT2D eigenvalue weighted by Crippen LogP contribution is -2.38. The van der Waals surface area contributed by atoms with E-state index in [0.29, 0.717) is 12.7 Å². The summed E-state index contributed by atoms with van der Waals surface area (Å²) in [6.45, 7) is 6.73. The first kappa shape index (κ1) is 26.2. The monoisotopic (exact) mass is 424 g/mol. The molecule has 170 valence electrons. The minimum atomic E-state index is -1.16. The van der Waals surface area contributed by atoms with Crippen LogP contribution in [0.3, 0.4) is 0 Å². The van der Waals surface area contributed by atoms with E-state index in [4.69, 9.17) is 4.74 Å². The van der Waals surface area contributed by atoms with Crippen molar-refractivity contribution in [2.24, 2.45) is 23.7 Å². The van der Waals surface area contributed by atoms with E-state index >= 15 is 0 Å². The first-order valence-corrected chi connectivity index (χ1v) is 10.6. The fourth-order valence-corrected chi connectivity index (χ4v) is 3.82. The van der Waals surface area contributed by atoms with Crippen LogP contribution in [-0.2, 0) is 19.1 Å². The highest BCUT2D eigenvalue weighted by atomic mass is 16.5. The van der Waals surface area contributed by atoms with Crippen molar-refractivity contribution in [1.29, 1.82) is 0 Å². The molecule has 0 bridgehead atoms. The van der Waals surface area contributed by atoms with E-state index in [1.54, 1.807) is 32.9 Å². The van der Waals surface area contributed by atoms with Crippen molar-refractivity contribution in [3.63, 3.8) is 0 Å². The maximum absolute atomic E-state index is 12.5. The van der Waals surface area contributed by atoms with E-state index < -0.39 is 48.0 Å². The molecule has 0 radical (unpaired) electrons. The molecule has 7 atom stereocenters. The Morgan fingerprint density at radius 1 is 1.20 bits per heavy atom. The molecule has 30 heavy (non-hydrogen) atoms. The summed E-state index contributed by atoms with van der Waals surface area (Å²) in [6.07, 6.45) is 3.26. The number of carbonyl (C=O) groups is 3. The average molecular weight is 425 g/mol. The molecule has 0 amide bonds. The molecule has 0 aromatic carbocycles. The topological polar surface area (TPSA) is 121 Å². The van der Waals surface area contributed by atoms with Crippen molar-refractivity contribution in [2.45, 2.75) is 71.7 Å². The summed E-state index contributed by atoms with van der Waals surface area (Å²) in [5, 5.41) is 30.9. The number of cyclic esters (lactones) is 1. The molecular weight excluding hydrogens is 388 g/mol. The van der Waals surface area contributed by atoms with Crippen LogP contribution in [0.1, 0.15) is 53.4 Å². The summed E-state index contributed by atoms with van der Waals surface area (Å²) >= 11 is 0. The number of hydrogen-bond acceptors (Lipinski definition) is 7. The van der Waals surface area contributed by atoms with Gasteiger partial charge in [0.05, 0.1) is 25.2 Å². The Balaban J connectivity index is 3.26. The van der Waals surface area contributed by atoms with Crippen LogP contribution in [-0.4, -0.2) is 58.3 Å². The molecule has 0 saturated carbocycles. The Morgan fingerprint density at radius 3 is 2.43 bits per heavy atom. The molecule has 1 aliphatic rings.